The Morgan fingerprint density at radius 3 is 2.47 bits per heavy atom. The van der Waals surface area contributed by atoms with Crippen molar-refractivity contribution in [1.29, 1.82) is 0 Å². The largest absolute Gasteiger partial charge is 0.481 e. The molecule has 0 aromatic rings. The zero-order valence-corrected chi connectivity index (χ0v) is 9.00. The number of carboxylic acids is 2. The summed E-state index contributed by atoms with van der Waals surface area (Å²) in [5.74, 6) is -3.31. The van der Waals surface area contributed by atoms with Gasteiger partial charge < -0.3 is 21.3 Å². The van der Waals surface area contributed by atoms with E-state index in [9.17, 15) is 14.4 Å². The topological polar surface area (TPSA) is 130 Å². The number of hydrogen-bond donors (Lipinski definition) is 4. The van der Waals surface area contributed by atoms with Crippen LogP contribution in [0.5, 0.6) is 0 Å². The Bertz CT molecular complexity index is 366. The van der Waals surface area contributed by atoms with Gasteiger partial charge in [0.25, 0.3) is 0 Å². The molecule has 0 radical (unpaired) electrons. The van der Waals surface area contributed by atoms with Crippen LogP contribution >= 0.6 is 0 Å². The van der Waals surface area contributed by atoms with Gasteiger partial charge in [0.15, 0.2) is 0 Å². The van der Waals surface area contributed by atoms with E-state index in [2.05, 4.69) is 5.32 Å². The van der Waals surface area contributed by atoms with Gasteiger partial charge in [-0.15, -0.1) is 0 Å². The third kappa shape index (κ3) is 3.87. The van der Waals surface area contributed by atoms with E-state index in [-0.39, 0.29) is 6.42 Å². The molecule has 17 heavy (non-hydrogen) atoms. The smallest absolute Gasteiger partial charge is 0.310 e. The predicted molar refractivity (Wildman–Crippen MR) is 57.0 cm³/mol. The number of aliphatic carboxylic acids is 2. The Balaban J connectivity index is 2.41. The first kappa shape index (κ1) is 13.2. The lowest BCUT2D eigenvalue weighted by molar-refractivity contribution is -0.140. The highest BCUT2D eigenvalue weighted by Crippen LogP contribution is 2.17. The summed E-state index contributed by atoms with van der Waals surface area (Å²) >= 11 is 0. The van der Waals surface area contributed by atoms with Crippen LogP contribution in [0.15, 0.2) is 12.2 Å². The Morgan fingerprint density at radius 1 is 1.35 bits per heavy atom. The van der Waals surface area contributed by atoms with Gasteiger partial charge in [0, 0.05) is 6.04 Å². The van der Waals surface area contributed by atoms with Gasteiger partial charge in [0.05, 0.1) is 18.4 Å². The first-order chi connectivity index (χ1) is 7.90. The summed E-state index contributed by atoms with van der Waals surface area (Å²) in [6, 6.07) is -1.52. The molecule has 0 aromatic heterocycles. The lowest BCUT2D eigenvalue weighted by atomic mass is 10.1. The minimum absolute atomic E-state index is 0.265. The lowest BCUT2D eigenvalue weighted by Crippen LogP contribution is -2.45. The SMILES string of the molecule is NC(CC(=O)O)C(=O)NC1C=CC(C(=O)O)C1. The third-order valence-corrected chi connectivity index (χ3v) is 2.46. The van der Waals surface area contributed by atoms with Crippen LogP contribution < -0.4 is 11.1 Å². The minimum atomic E-state index is -1.15. The summed E-state index contributed by atoms with van der Waals surface area (Å²) in [6.45, 7) is 0. The fourth-order valence-electron chi connectivity index (χ4n) is 1.56. The lowest BCUT2D eigenvalue weighted by Gasteiger charge is -2.15. The molecule has 5 N–H and O–H groups in total. The average molecular weight is 242 g/mol. The van der Waals surface area contributed by atoms with E-state index in [0.717, 1.165) is 0 Å². The molecule has 7 heteroatoms. The summed E-state index contributed by atoms with van der Waals surface area (Å²) in [4.78, 5) is 32.4. The molecule has 0 heterocycles. The van der Waals surface area contributed by atoms with E-state index in [1.165, 1.54) is 6.08 Å². The van der Waals surface area contributed by atoms with Crippen molar-refractivity contribution in [1.82, 2.24) is 5.32 Å². The highest BCUT2D eigenvalue weighted by molar-refractivity contribution is 5.86. The van der Waals surface area contributed by atoms with Crippen molar-refractivity contribution >= 4 is 17.8 Å². The quantitative estimate of drug-likeness (QED) is 0.454. The number of nitrogens with two attached hydrogens (primary N) is 1. The van der Waals surface area contributed by atoms with Gasteiger partial charge in [0.1, 0.15) is 0 Å². The van der Waals surface area contributed by atoms with E-state index in [1.807, 2.05) is 0 Å². The first-order valence-electron chi connectivity index (χ1n) is 5.09. The highest BCUT2D eigenvalue weighted by Gasteiger charge is 2.27. The molecule has 0 aromatic carbocycles. The molecule has 1 aliphatic rings. The van der Waals surface area contributed by atoms with Crippen molar-refractivity contribution < 1.29 is 24.6 Å². The Kier molecular flexibility index (Phi) is 4.22. The average Bonchev–Trinajstić information content (AvgIpc) is 2.65. The van der Waals surface area contributed by atoms with Crippen LogP contribution in [0.3, 0.4) is 0 Å². The number of rotatable bonds is 5. The van der Waals surface area contributed by atoms with Gasteiger partial charge >= 0.3 is 11.9 Å². The maximum atomic E-state index is 11.4. The molecular formula is C10H14N2O5. The Morgan fingerprint density at radius 2 is 2.00 bits per heavy atom. The van der Waals surface area contributed by atoms with Crippen molar-refractivity contribution in [2.75, 3.05) is 0 Å². The fourth-order valence-corrected chi connectivity index (χ4v) is 1.56. The molecular weight excluding hydrogens is 228 g/mol. The first-order valence-corrected chi connectivity index (χ1v) is 5.09. The normalized spacial score (nSPS) is 24.3. The van der Waals surface area contributed by atoms with Crippen molar-refractivity contribution in [3.8, 4) is 0 Å². The number of hydrogen-bond acceptors (Lipinski definition) is 4. The fraction of sp³-hybridized carbons (Fsp3) is 0.500. The molecule has 1 aliphatic carbocycles. The molecule has 0 bridgehead atoms. The summed E-state index contributed by atoms with van der Waals surface area (Å²) in [7, 11) is 0. The molecule has 0 saturated carbocycles. The maximum Gasteiger partial charge on any atom is 0.310 e. The summed E-state index contributed by atoms with van der Waals surface area (Å²) < 4.78 is 0. The monoisotopic (exact) mass is 242 g/mol. The molecule has 0 saturated heterocycles. The number of carbonyl (C=O) groups excluding carboxylic acids is 1. The van der Waals surface area contributed by atoms with Crippen LogP contribution in [0.2, 0.25) is 0 Å². The molecule has 1 rings (SSSR count). The second-order valence-corrected chi connectivity index (χ2v) is 3.88. The van der Waals surface area contributed by atoms with Crippen molar-refractivity contribution in [2.45, 2.75) is 24.9 Å². The van der Waals surface area contributed by atoms with Crippen molar-refractivity contribution in [3.05, 3.63) is 12.2 Å². The molecule has 1 amide bonds. The van der Waals surface area contributed by atoms with Crippen molar-refractivity contribution in [2.24, 2.45) is 11.7 Å². The van der Waals surface area contributed by atoms with Crippen LogP contribution in [-0.2, 0) is 14.4 Å². The number of carboxylic acid groups (broad SMARTS) is 2. The van der Waals surface area contributed by atoms with Gasteiger partial charge in [-0.2, -0.15) is 0 Å². The number of amides is 1. The van der Waals surface area contributed by atoms with E-state index < -0.39 is 42.3 Å². The molecule has 0 aliphatic heterocycles. The minimum Gasteiger partial charge on any atom is -0.481 e. The standard InChI is InChI=1S/C10H14N2O5/c11-7(4-8(13)14)9(15)12-6-2-1-5(3-6)10(16)17/h1-2,5-7H,3-4,11H2,(H,12,15)(H,13,14)(H,16,17). The van der Waals surface area contributed by atoms with Gasteiger partial charge in [-0.05, 0) is 6.42 Å². The summed E-state index contributed by atoms with van der Waals surface area (Å²) in [6.07, 6.45) is 2.88. The van der Waals surface area contributed by atoms with E-state index >= 15 is 0 Å². The van der Waals surface area contributed by atoms with E-state index in [1.54, 1.807) is 6.08 Å². The van der Waals surface area contributed by atoms with Gasteiger partial charge in [0.2, 0.25) is 5.91 Å². The highest BCUT2D eigenvalue weighted by atomic mass is 16.4. The van der Waals surface area contributed by atoms with Crippen LogP contribution in [-0.4, -0.2) is 40.1 Å². The second kappa shape index (κ2) is 5.44. The zero-order valence-electron chi connectivity index (χ0n) is 9.00. The molecule has 0 fully saturated rings. The van der Waals surface area contributed by atoms with Gasteiger partial charge in [-0.3, -0.25) is 14.4 Å². The third-order valence-electron chi connectivity index (χ3n) is 2.46. The Hall–Kier alpha value is -1.89. The van der Waals surface area contributed by atoms with Crippen LogP contribution in [0.4, 0.5) is 0 Å². The number of nitrogens with one attached hydrogen (secondary N) is 1. The van der Waals surface area contributed by atoms with E-state index in [0.29, 0.717) is 0 Å². The molecule has 0 spiro atoms. The molecule has 7 nitrogen and oxygen atoms in total. The molecule has 94 valence electrons. The van der Waals surface area contributed by atoms with Gasteiger partial charge in [-0.25, -0.2) is 0 Å². The Labute approximate surface area is 97.3 Å². The zero-order chi connectivity index (χ0) is 13.0. The van der Waals surface area contributed by atoms with Gasteiger partial charge in [-0.1, -0.05) is 12.2 Å². The van der Waals surface area contributed by atoms with Crippen LogP contribution in [0, 0.1) is 5.92 Å². The van der Waals surface area contributed by atoms with Crippen molar-refractivity contribution in [3.63, 3.8) is 0 Å². The summed E-state index contributed by atoms with van der Waals surface area (Å²) in [5, 5.41) is 19.7. The molecule has 3 unspecified atom stereocenters. The molecule has 3 atom stereocenters. The summed E-state index contributed by atoms with van der Waals surface area (Å²) in [5.41, 5.74) is 5.36. The maximum absolute atomic E-state index is 11.4. The van der Waals surface area contributed by atoms with Crippen LogP contribution in [0.1, 0.15) is 12.8 Å². The number of carbonyl (C=O) groups is 3. The second-order valence-electron chi connectivity index (χ2n) is 3.88. The van der Waals surface area contributed by atoms with Crippen LogP contribution in [0.25, 0.3) is 0 Å². The van der Waals surface area contributed by atoms with E-state index in [4.69, 9.17) is 15.9 Å². The predicted octanol–water partition coefficient (Wildman–Crippen LogP) is -1.07.